The number of esters is 1. The minimum Gasteiger partial charge on any atom is -0.481 e. The summed E-state index contributed by atoms with van der Waals surface area (Å²) in [6, 6.07) is 16.5. The van der Waals surface area contributed by atoms with Crippen molar-refractivity contribution in [2.45, 2.75) is 6.10 Å². The van der Waals surface area contributed by atoms with Crippen LogP contribution in [0, 0.1) is 0 Å². The molecular formula is C19H16N2O3. The van der Waals surface area contributed by atoms with E-state index in [0.717, 1.165) is 11.1 Å². The van der Waals surface area contributed by atoms with Gasteiger partial charge in [0.05, 0.1) is 12.7 Å². The molecule has 0 saturated heterocycles. The number of pyridine rings is 2. The number of aromatic nitrogens is 2. The zero-order chi connectivity index (χ0) is 16.8. The molecule has 3 aromatic rings. The van der Waals surface area contributed by atoms with Crippen LogP contribution in [0.5, 0.6) is 5.88 Å². The van der Waals surface area contributed by atoms with Crippen molar-refractivity contribution in [3.8, 4) is 5.88 Å². The van der Waals surface area contributed by atoms with Gasteiger partial charge >= 0.3 is 5.97 Å². The van der Waals surface area contributed by atoms with Crippen molar-refractivity contribution in [3.63, 3.8) is 0 Å². The second-order valence-electron chi connectivity index (χ2n) is 5.07. The van der Waals surface area contributed by atoms with Crippen molar-refractivity contribution in [2.24, 2.45) is 0 Å². The lowest BCUT2D eigenvalue weighted by atomic mass is 10.0. The van der Waals surface area contributed by atoms with Crippen molar-refractivity contribution in [3.05, 3.63) is 89.9 Å². The van der Waals surface area contributed by atoms with Crippen LogP contribution in [-0.2, 0) is 4.74 Å². The Morgan fingerprint density at radius 3 is 2.29 bits per heavy atom. The predicted molar refractivity (Wildman–Crippen MR) is 88.7 cm³/mol. The van der Waals surface area contributed by atoms with Gasteiger partial charge in [-0.3, -0.25) is 4.98 Å². The highest BCUT2D eigenvalue weighted by Gasteiger charge is 2.20. The number of benzene rings is 1. The van der Waals surface area contributed by atoms with Gasteiger partial charge in [-0.05, 0) is 23.8 Å². The van der Waals surface area contributed by atoms with Crippen molar-refractivity contribution in [1.29, 1.82) is 0 Å². The van der Waals surface area contributed by atoms with Gasteiger partial charge in [0.2, 0.25) is 5.88 Å². The van der Waals surface area contributed by atoms with Crippen molar-refractivity contribution >= 4 is 5.97 Å². The minimum atomic E-state index is -0.510. The third-order valence-corrected chi connectivity index (χ3v) is 3.52. The number of hydrogen-bond acceptors (Lipinski definition) is 5. The van der Waals surface area contributed by atoms with Gasteiger partial charge in [0, 0.05) is 30.2 Å². The lowest BCUT2D eigenvalue weighted by molar-refractivity contribution is 0.0377. The standard InChI is InChI=1S/C19H16N2O3/c1-23-17-8-7-16(13-21-17)19(22)24-18(14-5-3-2-4-6-14)15-9-11-20-12-10-15/h2-13,18H,1H3/t18-/m1/s1. The highest BCUT2D eigenvalue weighted by molar-refractivity contribution is 5.89. The first-order valence-electron chi connectivity index (χ1n) is 7.44. The molecule has 0 amide bonds. The SMILES string of the molecule is COc1ccc(C(=O)O[C@H](c2ccccc2)c2ccncc2)cn1. The van der Waals surface area contributed by atoms with Gasteiger partial charge in [-0.15, -0.1) is 0 Å². The average molecular weight is 320 g/mol. The predicted octanol–water partition coefficient (Wildman–Crippen LogP) is 3.43. The Hall–Kier alpha value is -3.21. The smallest absolute Gasteiger partial charge is 0.340 e. The van der Waals surface area contributed by atoms with Crippen LogP contribution in [0.1, 0.15) is 27.6 Å². The molecule has 24 heavy (non-hydrogen) atoms. The van der Waals surface area contributed by atoms with Gasteiger partial charge in [0.25, 0.3) is 0 Å². The molecule has 0 bridgehead atoms. The molecule has 5 nitrogen and oxygen atoms in total. The van der Waals surface area contributed by atoms with Crippen LogP contribution in [-0.4, -0.2) is 23.0 Å². The molecule has 1 atom stereocenters. The third-order valence-electron chi connectivity index (χ3n) is 3.52. The molecule has 1 aromatic carbocycles. The molecule has 0 aliphatic heterocycles. The van der Waals surface area contributed by atoms with E-state index >= 15 is 0 Å². The first-order chi connectivity index (χ1) is 11.8. The summed E-state index contributed by atoms with van der Waals surface area (Å²) in [6.07, 6.45) is 4.28. The molecule has 0 aliphatic rings. The molecule has 0 aliphatic carbocycles. The van der Waals surface area contributed by atoms with Gasteiger partial charge < -0.3 is 9.47 Å². The molecule has 0 N–H and O–H groups in total. The van der Waals surface area contributed by atoms with Gasteiger partial charge in [0.1, 0.15) is 0 Å². The Morgan fingerprint density at radius 2 is 1.67 bits per heavy atom. The van der Waals surface area contributed by atoms with E-state index in [2.05, 4.69) is 9.97 Å². The van der Waals surface area contributed by atoms with Crippen LogP contribution >= 0.6 is 0 Å². The molecular weight excluding hydrogens is 304 g/mol. The summed E-state index contributed by atoms with van der Waals surface area (Å²) in [4.78, 5) is 20.5. The van der Waals surface area contributed by atoms with Gasteiger partial charge in [-0.2, -0.15) is 0 Å². The highest BCUT2D eigenvalue weighted by atomic mass is 16.5. The van der Waals surface area contributed by atoms with E-state index in [1.165, 1.54) is 13.3 Å². The normalized spacial score (nSPS) is 11.5. The van der Waals surface area contributed by atoms with E-state index in [4.69, 9.17) is 9.47 Å². The van der Waals surface area contributed by atoms with Crippen LogP contribution in [0.3, 0.4) is 0 Å². The first kappa shape index (κ1) is 15.7. The molecule has 0 radical (unpaired) electrons. The van der Waals surface area contributed by atoms with Crippen LogP contribution in [0.4, 0.5) is 0 Å². The summed E-state index contributed by atoms with van der Waals surface area (Å²) in [6.45, 7) is 0. The monoisotopic (exact) mass is 320 g/mol. The first-order valence-corrected chi connectivity index (χ1v) is 7.44. The molecule has 0 spiro atoms. The van der Waals surface area contributed by atoms with E-state index < -0.39 is 12.1 Å². The highest BCUT2D eigenvalue weighted by Crippen LogP contribution is 2.26. The number of carbonyl (C=O) groups is 1. The van der Waals surface area contributed by atoms with Crippen LogP contribution in [0.2, 0.25) is 0 Å². The van der Waals surface area contributed by atoms with Gasteiger partial charge in [-0.1, -0.05) is 30.3 Å². The molecule has 2 heterocycles. The number of nitrogens with zero attached hydrogens (tertiary/aromatic N) is 2. The Bertz CT molecular complexity index is 750. The third kappa shape index (κ3) is 3.57. The van der Waals surface area contributed by atoms with E-state index in [1.54, 1.807) is 24.5 Å². The average Bonchev–Trinajstić information content (AvgIpc) is 2.67. The zero-order valence-electron chi connectivity index (χ0n) is 13.1. The van der Waals surface area contributed by atoms with Crippen LogP contribution in [0.15, 0.2) is 73.2 Å². The number of methoxy groups -OCH3 is 1. The number of hydrogen-bond donors (Lipinski definition) is 0. The summed E-state index contributed by atoms with van der Waals surface area (Å²) in [5, 5.41) is 0. The van der Waals surface area contributed by atoms with E-state index in [-0.39, 0.29) is 0 Å². The maximum absolute atomic E-state index is 12.5. The van der Waals surface area contributed by atoms with Crippen molar-refractivity contribution in [2.75, 3.05) is 7.11 Å². The minimum absolute atomic E-state index is 0.366. The lowest BCUT2D eigenvalue weighted by Crippen LogP contribution is -2.13. The van der Waals surface area contributed by atoms with E-state index in [1.807, 2.05) is 42.5 Å². The summed E-state index contributed by atoms with van der Waals surface area (Å²) in [5.41, 5.74) is 2.11. The maximum Gasteiger partial charge on any atom is 0.340 e. The van der Waals surface area contributed by atoms with E-state index in [0.29, 0.717) is 11.4 Å². The van der Waals surface area contributed by atoms with Crippen molar-refractivity contribution < 1.29 is 14.3 Å². The fourth-order valence-electron chi connectivity index (χ4n) is 2.29. The molecule has 0 unspecified atom stereocenters. The topological polar surface area (TPSA) is 61.3 Å². The lowest BCUT2D eigenvalue weighted by Gasteiger charge is -2.18. The second kappa shape index (κ2) is 7.37. The summed E-state index contributed by atoms with van der Waals surface area (Å²) >= 11 is 0. The maximum atomic E-state index is 12.5. The summed E-state index contributed by atoms with van der Waals surface area (Å²) in [5.74, 6) is -0.00360. The number of carbonyl (C=O) groups excluding carboxylic acids is 1. The Labute approximate surface area is 139 Å². The fourth-order valence-corrected chi connectivity index (χ4v) is 2.29. The Kier molecular flexibility index (Phi) is 4.81. The molecule has 0 fully saturated rings. The largest absolute Gasteiger partial charge is 0.481 e. The summed E-state index contributed by atoms with van der Waals surface area (Å²) < 4.78 is 10.7. The Balaban J connectivity index is 1.87. The van der Waals surface area contributed by atoms with Crippen molar-refractivity contribution in [1.82, 2.24) is 9.97 Å². The number of ether oxygens (including phenoxy) is 2. The molecule has 0 saturated carbocycles. The second-order valence-corrected chi connectivity index (χ2v) is 5.07. The molecule has 5 heteroatoms. The zero-order valence-corrected chi connectivity index (χ0v) is 13.1. The van der Waals surface area contributed by atoms with E-state index in [9.17, 15) is 4.79 Å². The molecule has 120 valence electrons. The van der Waals surface area contributed by atoms with Crippen LogP contribution < -0.4 is 4.74 Å². The van der Waals surface area contributed by atoms with Gasteiger partial charge in [-0.25, -0.2) is 9.78 Å². The Morgan fingerprint density at radius 1 is 0.958 bits per heavy atom. The van der Waals surface area contributed by atoms with Gasteiger partial charge in [0.15, 0.2) is 6.10 Å². The quantitative estimate of drug-likeness (QED) is 0.674. The number of rotatable bonds is 5. The summed E-state index contributed by atoms with van der Waals surface area (Å²) in [7, 11) is 1.52. The fraction of sp³-hybridized carbons (Fsp3) is 0.105. The molecule has 2 aromatic heterocycles. The molecule has 3 rings (SSSR count). The van der Waals surface area contributed by atoms with Crippen LogP contribution in [0.25, 0.3) is 0 Å².